The summed E-state index contributed by atoms with van der Waals surface area (Å²) < 4.78 is 32.2. The highest BCUT2D eigenvalue weighted by Crippen LogP contribution is 2.22. The van der Waals surface area contributed by atoms with Gasteiger partial charge in [0.2, 0.25) is 15.9 Å². The molecule has 3 aromatic rings. The number of rotatable bonds is 7. The number of fused-ring (bicyclic) bond motifs is 1. The first-order chi connectivity index (χ1) is 12.9. The lowest BCUT2D eigenvalue weighted by Gasteiger charge is -2.21. The van der Waals surface area contributed by atoms with Crippen molar-refractivity contribution in [2.24, 2.45) is 0 Å². The molecular formula is C19H21N3O4S. The van der Waals surface area contributed by atoms with E-state index >= 15 is 0 Å². The zero-order valence-corrected chi connectivity index (χ0v) is 16.0. The van der Waals surface area contributed by atoms with Gasteiger partial charge in [0.25, 0.3) is 0 Å². The Kier molecular flexibility index (Phi) is 5.57. The topological polar surface area (TPSA) is 92.5 Å². The number of amides is 1. The molecule has 0 spiro atoms. The number of sulfonamides is 1. The van der Waals surface area contributed by atoms with Crippen LogP contribution in [0, 0.1) is 6.92 Å². The largest absolute Gasteiger partial charge is 0.360 e. The van der Waals surface area contributed by atoms with Gasteiger partial charge in [-0.05, 0) is 36.2 Å². The fourth-order valence-electron chi connectivity index (χ4n) is 2.78. The molecule has 142 valence electrons. The molecule has 1 heterocycles. The molecule has 0 atom stereocenters. The van der Waals surface area contributed by atoms with Crippen molar-refractivity contribution in [3.05, 3.63) is 54.3 Å². The quantitative estimate of drug-likeness (QED) is 0.672. The first-order valence-corrected chi connectivity index (χ1v) is 10.1. The molecule has 0 radical (unpaired) electrons. The van der Waals surface area contributed by atoms with Crippen LogP contribution < -0.4 is 5.32 Å². The average molecular weight is 387 g/mol. The molecular weight excluding hydrogens is 366 g/mol. The molecule has 2 aromatic carbocycles. The van der Waals surface area contributed by atoms with Gasteiger partial charge in [-0.2, -0.15) is 4.31 Å². The normalized spacial score (nSPS) is 11.8. The summed E-state index contributed by atoms with van der Waals surface area (Å²) in [6.07, 6.45) is 0.586. The molecule has 0 bridgehead atoms. The number of aromatic nitrogens is 1. The molecule has 1 aromatic heterocycles. The lowest BCUT2D eigenvalue weighted by Crippen LogP contribution is -2.38. The van der Waals surface area contributed by atoms with Gasteiger partial charge in [0.1, 0.15) is 5.76 Å². The number of nitrogens with one attached hydrogen (secondary N) is 1. The molecule has 0 aliphatic heterocycles. The third-order valence-electron chi connectivity index (χ3n) is 4.05. The SMILES string of the molecule is CCCN(CC(=O)Nc1cc(C)on1)S(=O)(=O)c1ccc2ccccc2c1. The lowest BCUT2D eigenvalue weighted by atomic mass is 10.1. The van der Waals surface area contributed by atoms with Crippen molar-refractivity contribution < 1.29 is 17.7 Å². The zero-order chi connectivity index (χ0) is 19.4. The van der Waals surface area contributed by atoms with E-state index in [0.29, 0.717) is 12.2 Å². The van der Waals surface area contributed by atoms with E-state index in [4.69, 9.17) is 4.52 Å². The van der Waals surface area contributed by atoms with Crippen LogP contribution in [0.4, 0.5) is 5.82 Å². The summed E-state index contributed by atoms with van der Waals surface area (Å²) in [5.41, 5.74) is 0. The summed E-state index contributed by atoms with van der Waals surface area (Å²) in [7, 11) is -3.81. The molecule has 0 saturated carbocycles. The molecule has 0 unspecified atom stereocenters. The van der Waals surface area contributed by atoms with Gasteiger partial charge >= 0.3 is 0 Å². The molecule has 3 rings (SSSR count). The second kappa shape index (κ2) is 7.89. The maximum atomic E-state index is 13.1. The van der Waals surface area contributed by atoms with Crippen molar-refractivity contribution in [2.45, 2.75) is 25.2 Å². The van der Waals surface area contributed by atoms with Crippen LogP contribution in [0.15, 0.2) is 57.9 Å². The summed E-state index contributed by atoms with van der Waals surface area (Å²) in [5, 5.41) is 8.03. The first-order valence-electron chi connectivity index (χ1n) is 8.62. The van der Waals surface area contributed by atoms with Crippen molar-refractivity contribution in [1.29, 1.82) is 0 Å². The van der Waals surface area contributed by atoms with Crippen LogP contribution in [0.2, 0.25) is 0 Å². The molecule has 8 heteroatoms. The third kappa shape index (κ3) is 4.35. The number of nitrogens with zero attached hydrogens (tertiary/aromatic N) is 2. The molecule has 27 heavy (non-hydrogen) atoms. The minimum atomic E-state index is -3.81. The van der Waals surface area contributed by atoms with E-state index in [2.05, 4.69) is 10.5 Å². The number of aryl methyl sites for hydroxylation is 1. The summed E-state index contributed by atoms with van der Waals surface area (Å²) in [6, 6.07) is 14.1. The number of hydrogen-bond acceptors (Lipinski definition) is 5. The highest BCUT2D eigenvalue weighted by Gasteiger charge is 2.26. The lowest BCUT2D eigenvalue weighted by molar-refractivity contribution is -0.116. The van der Waals surface area contributed by atoms with Crippen molar-refractivity contribution in [3.8, 4) is 0 Å². The highest BCUT2D eigenvalue weighted by atomic mass is 32.2. The number of carbonyl (C=O) groups excluding carboxylic acids is 1. The second-order valence-electron chi connectivity index (χ2n) is 6.22. The van der Waals surface area contributed by atoms with Crippen LogP contribution in [0.3, 0.4) is 0 Å². The van der Waals surface area contributed by atoms with E-state index in [1.165, 1.54) is 4.31 Å². The van der Waals surface area contributed by atoms with E-state index in [0.717, 1.165) is 10.8 Å². The van der Waals surface area contributed by atoms with E-state index in [1.807, 2.05) is 31.2 Å². The van der Waals surface area contributed by atoms with Crippen LogP contribution in [-0.2, 0) is 14.8 Å². The number of anilines is 1. The third-order valence-corrected chi connectivity index (χ3v) is 5.89. The van der Waals surface area contributed by atoms with Crippen molar-refractivity contribution >= 4 is 32.5 Å². The smallest absolute Gasteiger partial charge is 0.243 e. The van der Waals surface area contributed by atoms with E-state index in [-0.39, 0.29) is 23.8 Å². The monoisotopic (exact) mass is 387 g/mol. The number of carbonyl (C=O) groups is 1. The number of hydrogen-bond donors (Lipinski definition) is 1. The van der Waals surface area contributed by atoms with Gasteiger partial charge in [-0.3, -0.25) is 4.79 Å². The molecule has 0 aliphatic rings. The van der Waals surface area contributed by atoms with Crippen molar-refractivity contribution in [1.82, 2.24) is 9.46 Å². The molecule has 0 aliphatic carbocycles. The summed E-state index contributed by atoms with van der Waals surface area (Å²) in [4.78, 5) is 12.5. The van der Waals surface area contributed by atoms with Crippen LogP contribution in [0.5, 0.6) is 0 Å². The Morgan fingerprint density at radius 1 is 1.15 bits per heavy atom. The molecule has 0 saturated heterocycles. The standard InChI is InChI=1S/C19H21N3O4S/c1-3-10-22(13-19(23)20-18-11-14(2)26-21-18)27(24,25)17-9-8-15-6-4-5-7-16(15)12-17/h4-9,11-12H,3,10,13H2,1-2H3,(H,20,21,23). The molecule has 1 N–H and O–H groups in total. The van der Waals surface area contributed by atoms with Gasteiger partial charge in [0.15, 0.2) is 5.82 Å². The Bertz CT molecular complexity index is 1060. The van der Waals surface area contributed by atoms with Gasteiger partial charge in [-0.1, -0.05) is 42.4 Å². The molecule has 7 nitrogen and oxygen atoms in total. The Balaban J connectivity index is 1.83. The maximum Gasteiger partial charge on any atom is 0.243 e. The Morgan fingerprint density at radius 3 is 2.56 bits per heavy atom. The van der Waals surface area contributed by atoms with E-state index < -0.39 is 15.9 Å². The van der Waals surface area contributed by atoms with Gasteiger partial charge in [0.05, 0.1) is 11.4 Å². The zero-order valence-electron chi connectivity index (χ0n) is 15.2. The fraction of sp³-hybridized carbons (Fsp3) is 0.263. The van der Waals surface area contributed by atoms with Crippen LogP contribution in [0.1, 0.15) is 19.1 Å². The second-order valence-corrected chi connectivity index (χ2v) is 8.16. The van der Waals surface area contributed by atoms with Gasteiger partial charge in [-0.25, -0.2) is 8.42 Å². The van der Waals surface area contributed by atoms with Crippen LogP contribution in [0.25, 0.3) is 10.8 Å². The van der Waals surface area contributed by atoms with E-state index in [1.54, 1.807) is 31.2 Å². The number of benzene rings is 2. The maximum absolute atomic E-state index is 13.1. The predicted molar refractivity (Wildman–Crippen MR) is 103 cm³/mol. The van der Waals surface area contributed by atoms with E-state index in [9.17, 15) is 13.2 Å². The molecule has 0 fully saturated rings. The minimum Gasteiger partial charge on any atom is -0.360 e. The summed E-state index contributed by atoms with van der Waals surface area (Å²) in [6.45, 7) is 3.51. The van der Waals surface area contributed by atoms with Crippen LogP contribution in [-0.4, -0.2) is 36.9 Å². The predicted octanol–water partition coefficient (Wildman–Crippen LogP) is 3.18. The van der Waals surface area contributed by atoms with Gasteiger partial charge < -0.3 is 9.84 Å². The Morgan fingerprint density at radius 2 is 1.89 bits per heavy atom. The average Bonchev–Trinajstić information content (AvgIpc) is 3.05. The van der Waals surface area contributed by atoms with Crippen molar-refractivity contribution in [2.75, 3.05) is 18.4 Å². The van der Waals surface area contributed by atoms with Gasteiger partial charge in [-0.15, -0.1) is 0 Å². The summed E-state index contributed by atoms with van der Waals surface area (Å²) >= 11 is 0. The fourth-order valence-corrected chi connectivity index (χ4v) is 4.30. The first kappa shape index (κ1) is 19.1. The Hall–Kier alpha value is -2.71. The van der Waals surface area contributed by atoms with Crippen LogP contribution >= 0.6 is 0 Å². The minimum absolute atomic E-state index is 0.166. The summed E-state index contributed by atoms with van der Waals surface area (Å²) in [5.74, 6) is 0.345. The highest BCUT2D eigenvalue weighted by molar-refractivity contribution is 7.89. The van der Waals surface area contributed by atoms with Gasteiger partial charge in [0, 0.05) is 12.6 Å². The molecule has 1 amide bonds. The van der Waals surface area contributed by atoms with Crippen molar-refractivity contribution in [3.63, 3.8) is 0 Å². The Labute approximate surface area is 158 Å².